The number of aromatic nitrogens is 1. The van der Waals surface area contributed by atoms with Crippen LogP contribution in [0.3, 0.4) is 0 Å². The quantitative estimate of drug-likeness (QED) is 0.842. The number of hydrogen-bond acceptors (Lipinski definition) is 3. The molecule has 0 saturated heterocycles. The van der Waals surface area contributed by atoms with Crippen LogP contribution in [0.1, 0.15) is 20.3 Å². The normalized spacial score (nSPS) is 22.5. The molecule has 82 valence electrons. The third-order valence-corrected chi connectivity index (χ3v) is 3.37. The fourth-order valence-corrected chi connectivity index (χ4v) is 1.87. The van der Waals surface area contributed by atoms with Crippen LogP contribution in [0.5, 0.6) is 0 Å². The lowest BCUT2D eigenvalue weighted by Crippen LogP contribution is -2.10. The topological polar surface area (TPSA) is 50.9 Å². The van der Waals surface area contributed by atoms with E-state index in [-0.39, 0.29) is 0 Å². The first kappa shape index (κ1) is 10.8. The maximum absolute atomic E-state index is 6.00. The van der Waals surface area contributed by atoms with Crippen molar-refractivity contribution in [1.29, 1.82) is 0 Å². The average Bonchev–Trinajstić information content (AvgIpc) is 2.70. The first-order valence-electron chi connectivity index (χ1n) is 4.78. The van der Waals surface area contributed by atoms with Gasteiger partial charge in [0.2, 0.25) is 0 Å². The number of rotatable bonds is 2. The van der Waals surface area contributed by atoms with Crippen molar-refractivity contribution < 1.29 is 0 Å². The summed E-state index contributed by atoms with van der Waals surface area (Å²) in [4.78, 5) is 4.12. The molecule has 0 radical (unpaired) electrons. The van der Waals surface area contributed by atoms with Crippen LogP contribution in [-0.4, -0.2) is 11.0 Å². The van der Waals surface area contributed by atoms with E-state index in [1.54, 1.807) is 6.07 Å². The van der Waals surface area contributed by atoms with E-state index in [0.29, 0.717) is 33.1 Å². The molecule has 1 aromatic heterocycles. The molecule has 0 aliphatic heterocycles. The van der Waals surface area contributed by atoms with Crippen LogP contribution in [0, 0.1) is 5.41 Å². The molecule has 2 rings (SSSR count). The summed E-state index contributed by atoms with van der Waals surface area (Å²) in [6.07, 6.45) is 1.12. The number of nitrogens with two attached hydrogens (primary N) is 1. The fraction of sp³-hybridized carbons (Fsp3) is 0.500. The minimum Gasteiger partial charge on any atom is -0.382 e. The van der Waals surface area contributed by atoms with E-state index in [2.05, 4.69) is 24.1 Å². The number of nitrogens with one attached hydrogen (secondary N) is 1. The summed E-state index contributed by atoms with van der Waals surface area (Å²) in [5, 5.41) is 4.16. The number of nitrogens with zero attached hydrogens (tertiary/aromatic N) is 1. The summed E-state index contributed by atoms with van der Waals surface area (Å²) >= 11 is 11.8. The molecule has 1 aromatic rings. The van der Waals surface area contributed by atoms with Crippen LogP contribution in [0.25, 0.3) is 0 Å². The summed E-state index contributed by atoms with van der Waals surface area (Å²) in [5.74, 6) is 0.927. The number of anilines is 2. The van der Waals surface area contributed by atoms with Gasteiger partial charge in [-0.1, -0.05) is 37.0 Å². The van der Waals surface area contributed by atoms with Crippen molar-refractivity contribution in [1.82, 2.24) is 4.98 Å². The van der Waals surface area contributed by atoms with Gasteiger partial charge in [-0.25, -0.2) is 4.98 Å². The van der Waals surface area contributed by atoms with Crippen molar-refractivity contribution in [2.24, 2.45) is 5.41 Å². The maximum Gasteiger partial charge on any atom is 0.147 e. The predicted octanol–water partition coefficient (Wildman–Crippen LogP) is 3.18. The third kappa shape index (κ3) is 2.13. The molecule has 1 fully saturated rings. The lowest BCUT2D eigenvalue weighted by Gasteiger charge is -2.10. The van der Waals surface area contributed by atoms with Gasteiger partial charge >= 0.3 is 0 Å². The second kappa shape index (κ2) is 3.42. The third-order valence-electron chi connectivity index (χ3n) is 2.78. The van der Waals surface area contributed by atoms with E-state index >= 15 is 0 Å². The Kier molecular flexibility index (Phi) is 2.47. The van der Waals surface area contributed by atoms with Gasteiger partial charge in [-0.15, -0.1) is 0 Å². The van der Waals surface area contributed by atoms with Crippen molar-refractivity contribution in [3.8, 4) is 0 Å². The molecule has 0 amide bonds. The van der Waals surface area contributed by atoms with Crippen LogP contribution >= 0.6 is 23.2 Å². The molecule has 1 unspecified atom stereocenters. The van der Waals surface area contributed by atoms with E-state index in [0.717, 1.165) is 6.42 Å². The van der Waals surface area contributed by atoms with E-state index < -0.39 is 0 Å². The fourth-order valence-electron chi connectivity index (χ4n) is 1.46. The maximum atomic E-state index is 6.00. The zero-order valence-corrected chi connectivity index (χ0v) is 10.2. The smallest absolute Gasteiger partial charge is 0.147 e. The molecular formula is C10H13Cl2N3. The highest BCUT2D eigenvalue weighted by atomic mass is 35.5. The molecular weight excluding hydrogens is 233 g/mol. The van der Waals surface area contributed by atoms with E-state index in [4.69, 9.17) is 28.9 Å². The van der Waals surface area contributed by atoms with Crippen molar-refractivity contribution >= 4 is 34.8 Å². The van der Waals surface area contributed by atoms with E-state index in [9.17, 15) is 0 Å². The number of nitrogen functional groups attached to an aromatic ring is 1. The van der Waals surface area contributed by atoms with Crippen LogP contribution < -0.4 is 11.1 Å². The van der Waals surface area contributed by atoms with Gasteiger partial charge in [0.15, 0.2) is 0 Å². The highest BCUT2D eigenvalue weighted by Gasteiger charge is 2.46. The van der Waals surface area contributed by atoms with Crippen molar-refractivity contribution in [2.75, 3.05) is 11.1 Å². The van der Waals surface area contributed by atoms with Crippen LogP contribution in [0.2, 0.25) is 10.0 Å². The van der Waals surface area contributed by atoms with Gasteiger partial charge in [0, 0.05) is 6.04 Å². The summed E-state index contributed by atoms with van der Waals surface area (Å²) in [6.45, 7) is 4.38. The van der Waals surface area contributed by atoms with Gasteiger partial charge in [-0.3, -0.25) is 0 Å². The molecule has 5 heteroatoms. The van der Waals surface area contributed by atoms with Gasteiger partial charge in [0.25, 0.3) is 0 Å². The molecule has 0 bridgehead atoms. The predicted molar refractivity (Wildman–Crippen MR) is 64.5 cm³/mol. The van der Waals surface area contributed by atoms with Crippen molar-refractivity contribution in [2.45, 2.75) is 26.3 Å². The van der Waals surface area contributed by atoms with Crippen LogP contribution in [0.15, 0.2) is 6.07 Å². The van der Waals surface area contributed by atoms with Gasteiger partial charge in [-0.05, 0) is 17.9 Å². The first-order chi connectivity index (χ1) is 6.90. The summed E-state index contributed by atoms with van der Waals surface area (Å²) in [6, 6.07) is 2.03. The number of halogens is 2. The van der Waals surface area contributed by atoms with Crippen LogP contribution in [-0.2, 0) is 0 Å². The highest BCUT2D eigenvalue weighted by molar-refractivity contribution is 6.37. The van der Waals surface area contributed by atoms with Gasteiger partial charge < -0.3 is 11.1 Å². The molecule has 3 N–H and O–H groups in total. The monoisotopic (exact) mass is 245 g/mol. The Hall–Kier alpha value is -0.670. The molecule has 3 nitrogen and oxygen atoms in total. The van der Waals surface area contributed by atoms with E-state index in [1.807, 2.05) is 0 Å². The summed E-state index contributed by atoms with van der Waals surface area (Å²) in [5.41, 5.74) is 5.93. The number of pyridine rings is 1. The molecule has 0 aromatic carbocycles. The first-order valence-corrected chi connectivity index (χ1v) is 5.54. The molecule has 1 aliphatic rings. The highest BCUT2D eigenvalue weighted by Crippen LogP contribution is 2.47. The zero-order valence-electron chi connectivity index (χ0n) is 8.64. The standard InChI is InChI=1S/C10H13Cl2N3/c1-10(2)4-7(10)14-9-6(12)3-5(11)8(13)15-9/h3,7H,4H2,1-2H3,(H3,13,14,15). The lowest BCUT2D eigenvalue weighted by atomic mass is 10.2. The molecule has 1 aliphatic carbocycles. The van der Waals surface area contributed by atoms with Gasteiger partial charge in [0.1, 0.15) is 11.6 Å². The Bertz CT molecular complexity index is 404. The van der Waals surface area contributed by atoms with E-state index in [1.165, 1.54) is 0 Å². The molecule has 0 spiro atoms. The Morgan fingerprint density at radius 2 is 2.07 bits per heavy atom. The Labute approximate surface area is 99.0 Å². The minimum atomic E-state index is 0.307. The molecule has 15 heavy (non-hydrogen) atoms. The Morgan fingerprint density at radius 3 is 2.60 bits per heavy atom. The minimum absolute atomic E-state index is 0.307. The van der Waals surface area contributed by atoms with Crippen molar-refractivity contribution in [3.63, 3.8) is 0 Å². The average molecular weight is 246 g/mol. The zero-order chi connectivity index (χ0) is 11.2. The number of hydrogen-bond donors (Lipinski definition) is 2. The summed E-state index contributed by atoms with van der Waals surface area (Å²) in [7, 11) is 0. The Morgan fingerprint density at radius 1 is 1.47 bits per heavy atom. The summed E-state index contributed by atoms with van der Waals surface area (Å²) < 4.78 is 0. The lowest BCUT2D eigenvalue weighted by molar-refractivity contribution is 0.630. The SMILES string of the molecule is CC1(C)CC1Nc1nc(N)c(Cl)cc1Cl. The van der Waals surface area contributed by atoms with Gasteiger partial charge in [-0.2, -0.15) is 0 Å². The Balaban J connectivity index is 2.19. The largest absolute Gasteiger partial charge is 0.382 e. The van der Waals surface area contributed by atoms with Crippen molar-refractivity contribution in [3.05, 3.63) is 16.1 Å². The molecule has 1 atom stereocenters. The molecule has 1 heterocycles. The van der Waals surface area contributed by atoms with Gasteiger partial charge in [0.05, 0.1) is 10.0 Å². The molecule has 1 saturated carbocycles. The van der Waals surface area contributed by atoms with Crippen LogP contribution in [0.4, 0.5) is 11.6 Å². The second-order valence-corrected chi connectivity index (χ2v) is 5.39. The second-order valence-electron chi connectivity index (χ2n) is 4.58.